The second kappa shape index (κ2) is 2.81. The first-order valence-electron chi connectivity index (χ1n) is 1.14. The Morgan fingerprint density at radius 3 is 2.00 bits per heavy atom. The third kappa shape index (κ3) is 5.71. The summed E-state index contributed by atoms with van der Waals surface area (Å²) in [5.41, 5.74) is -1.34. The van der Waals surface area contributed by atoms with E-state index in [1.807, 2.05) is 0 Å². The molecule has 0 spiro atoms. The first-order valence-corrected chi connectivity index (χ1v) is 2.62. The molecule has 0 saturated heterocycles. The van der Waals surface area contributed by atoms with Crippen molar-refractivity contribution in [3.05, 3.63) is 0 Å². The highest BCUT2D eigenvalue weighted by Gasteiger charge is 1.91. The van der Waals surface area contributed by atoms with Crippen LogP contribution in [0.3, 0.4) is 0 Å². The first-order chi connectivity index (χ1) is 3.13. The van der Waals surface area contributed by atoms with E-state index >= 15 is 0 Å². The van der Waals surface area contributed by atoms with Crippen LogP contribution in [0.2, 0.25) is 0 Å². The number of halogens is 1. The summed E-state index contributed by atoms with van der Waals surface area (Å²) >= 11 is 4.43. The van der Waals surface area contributed by atoms with Crippen molar-refractivity contribution in [3.63, 3.8) is 0 Å². The van der Waals surface area contributed by atoms with Crippen LogP contribution in [0.1, 0.15) is 0 Å². The Bertz CT molecular complexity index is 129. The van der Waals surface area contributed by atoms with Crippen LogP contribution in [0.5, 0.6) is 0 Å². The fraction of sp³-hybridized carbons (Fsp3) is 0. The smallest absolute Gasteiger partial charge is 0.334 e. The topological polar surface area (TPSA) is 60.4 Å². The quantitative estimate of drug-likeness (QED) is 0.412. The molecule has 6 heteroatoms. The van der Waals surface area contributed by atoms with Gasteiger partial charge in [0.1, 0.15) is 0 Å². The Morgan fingerprint density at radius 1 is 1.57 bits per heavy atom. The molecule has 0 N–H and O–H groups in total. The van der Waals surface area contributed by atoms with Gasteiger partial charge < -0.3 is 4.18 Å². The largest absolute Gasteiger partial charge is 0.419 e. The molecule has 0 bridgehead atoms. The molecule has 0 aliphatic carbocycles. The highest BCUT2D eigenvalue weighted by Crippen LogP contribution is 1.83. The number of carbonyl (C=O) groups excluding carboxylic acids is 1. The Labute approximate surface area is 46.2 Å². The third-order valence-electron chi connectivity index (χ3n) is 0.146. The molecular weight excluding hydrogens is 144 g/mol. The minimum absolute atomic E-state index is 1.34. The molecule has 0 unspecified atom stereocenters. The van der Waals surface area contributed by atoms with Crippen molar-refractivity contribution >= 4 is 28.0 Å². The summed E-state index contributed by atoms with van der Waals surface area (Å²) in [6.07, 6.45) is 0. The molecule has 0 atom stereocenters. The zero-order chi connectivity index (χ0) is 5.86. The summed E-state index contributed by atoms with van der Waals surface area (Å²) in [5, 5.41) is 0. The van der Waals surface area contributed by atoms with Crippen LogP contribution in [-0.2, 0) is 15.2 Å². The second-order valence-electron chi connectivity index (χ2n) is 0.553. The van der Waals surface area contributed by atoms with Crippen LogP contribution in [0.15, 0.2) is 0 Å². The van der Waals surface area contributed by atoms with Gasteiger partial charge in [-0.05, 0) is 0 Å². The second-order valence-corrected chi connectivity index (χ2v) is 1.49. The molecule has 0 heterocycles. The van der Waals surface area contributed by atoms with Gasteiger partial charge in [-0.3, -0.25) is 0 Å². The molecule has 0 aromatic rings. The van der Waals surface area contributed by atoms with E-state index in [-0.39, 0.29) is 0 Å². The maximum Gasteiger partial charge on any atom is 0.419 e. The third-order valence-corrected chi connectivity index (χ3v) is 0.646. The van der Waals surface area contributed by atoms with Crippen LogP contribution >= 0.6 is 11.6 Å². The molecule has 0 radical (unpaired) electrons. The van der Waals surface area contributed by atoms with Gasteiger partial charge in [0.25, 0.3) is 0 Å². The van der Waals surface area contributed by atoms with Crippen LogP contribution in [0.4, 0.5) is 4.79 Å². The highest BCUT2D eigenvalue weighted by atomic mass is 35.5. The zero-order valence-corrected chi connectivity index (χ0v) is 4.61. The standard InChI is InChI=1S/CHClO4S/c2-1(3)6-7(4)5/h7H. The molecule has 0 aromatic heterocycles. The van der Waals surface area contributed by atoms with Gasteiger partial charge in [0.2, 0.25) is 0 Å². The van der Waals surface area contributed by atoms with E-state index in [0.717, 1.165) is 0 Å². The molecule has 0 amide bonds. The Balaban J connectivity index is 3.53. The summed E-state index contributed by atoms with van der Waals surface area (Å²) in [7, 11) is -3.12. The van der Waals surface area contributed by atoms with E-state index in [1.54, 1.807) is 0 Å². The van der Waals surface area contributed by atoms with Gasteiger partial charge in [0.15, 0.2) is 0 Å². The Kier molecular flexibility index (Phi) is 2.70. The number of carbonyl (C=O) groups is 1. The van der Waals surface area contributed by atoms with Gasteiger partial charge in [-0.1, -0.05) is 0 Å². The van der Waals surface area contributed by atoms with E-state index in [1.165, 1.54) is 0 Å². The predicted octanol–water partition coefficient (Wildman–Crippen LogP) is -0.112. The van der Waals surface area contributed by atoms with Crippen molar-refractivity contribution in [1.29, 1.82) is 0 Å². The van der Waals surface area contributed by atoms with Gasteiger partial charge in [0, 0.05) is 11.6 Å². The summed E-state index contributed by atoms with van der Waals surface area (Å²) in [5.74, 6) is 0. The van der Waals surface area contributed by atoms with Crippen LogP contribution < -0.4 is 0 Å². The van der Waals surface area contributed by atoms with Crippen molar-refractivity contribution in [1.82, 2.24) is 0 Å². The van der Waals surface area contributed by atoms with Crippen LogP contribution in [-0.4, -0.2) is 13.8 Å². The lowest BCUT2D eigenvalue weighted by atomic mass is 11.6. The SMILES string of the molecule is O=C(Cl)O[SH](=O)=O. The van der Waals surface area contributed by atoms with E-state index in [9.17, 15) is 13.2 Å². The molecule has 0 aliphatic heterocycles. The van der Waals surface area contributed by atoms with Crippen molar-refractivity contribution in [2.75, 3.05) is 0 Å². The van der Waals surface area contributed by atoms with E-state index in [0.29, 0.717) is 0 Å². The average molecular weight is 145 g/mol. The maximum absolute atomic E-state index is 9.41. The number of hydrogen-bond donors (Lipinski definition) is 1. The van der Waals surface area contributed by atoms with Gasteiger partial charge in [0.05, 0.1) is 0 Å². The molecule has 0 aromatic carbocycles. The lowest BCUT2D eigenvalue weighted by molar-refractivity contribution is 0.229. The molecule has 42 valence electrons. The zero-order valence-electron chi connectivity index (χ0n) is 2.96. The maximum atomic E-state index is 9.41. The summed E-state index contributed by atoms with van der Waals surface area (Å²) in [4.78, 5) is 9.41. The molecule has 7 heavy (non-hydrogen) atoms. The predicted molar refractivity (Wildman–Crippen MR) is 22.6 cm³/mol. The van der Waals surface area contributed by atoms with Crippen LogP contribution in [0, 0.1) is 0 Å². The van der Waals surface area contributed by atoms with Crippen molar-refractivity contribution in [2.45, 2.75) is 0 Å². The van der Waals surface area contributed by atoms with Crippen molar-refractivity contribution < 1.29 is 17.4 Å². The monoisotopic (exact) mass is 144 g/mol. The normalized spacial score (nSPS) is 8.86. The fourth-order valence-electron chi connectivity index (χ4n) is 0.0586. The van der Waals surface area contributed by atoms with E-state index in [4.69, 9.17) is 0 Å². The van der Waals surface area contributed by atoms with E-state index < -0.39 is 16.4 Å². The highest BCUT2D eigenvalue weighted by molar-refractivity contribution is 7.67. The summed E-state index contributed by atoms with van der Waals surface area (Å²) in [6.45, 7) is 0. The van der Waals surface area contributed by atoms with Crippen molar-refractivity contribution in [3.8, 4) is 0 Å². The number of hydrogen-bond acceptors (Lipinski definition) is 4. The summed E-state index contributed by atoms with van der Waals surface area (Å²) in [6, 6.07) is 0. The molecule has 4 nitrogen and oxygen atoms in total. The van der Waals surface area contributed by atoms with Gasteiger partial charge >= 0.3 is 16.4 Å². The molecular formula is CHClO4S. The fourth-order valence-corrected chi connectivity index (χ4v) is 0.345. The molecule has 0 saturated carbocycles. The Hall–Kier alpha value is -0.290. The van der Waals surface area contributed by atoms with Crippen molar-refractivity contribution in [2.24, 2.45) is 0 Å². The lowest BCUT2D eigenvalue weighted by Gasteiger charge is -1.78. The number of thiol groups is 1. The van der Waals surface area contributed by atoms with Crippen LogP contribution in [0.25, 0.3) is 0 Å². The number of rotatable bonds is 1. The molecule has 0 rings (SSSR count). The Morgan fingerprint density at radius 2 is 2.00 bits per heavy atom. The molecule has 0 fully saturated rings. The van der Waals surface area contributed by atoms with Gasteiger partial charge in [-0.2, -0.15) is 8.42 Å². The molecule has 0 aliphatic rings. The van der Waals surface area contributed by atoms with Gasteiger partial charge in [-0.25, -0.2) is 4.79 Å². The minimum atomic E-state index is -3.12. The lowest BCUT2D eigenvalue weighted by Crippen LogP contribution is -1.88. The average Bonchev–Trinajstić information content (AvgIpc) is 1.27. The minimum Gasteiger partial charge on any atom is -0.334 e. The first kappa shape index (κ1) is 6.71. The van der Waals surface area contributed by atoms with Gasteiger partial charge in [-0.15, -0.1) is 0 Å². The van der Waals surface area contributed by atoms with E-state index in [2.05, 4.69) is 15.8 Å². The summed E-state index contributed by atoms with van der Waals surface area (Å²) < 4.78 is 22.0.